The molecule has 0 unspecified atom stereocenters. The number of aryl methyl sites for hydroxylation is 1. The van der Waals surface area contributed by atoms with Crippen molar-refractivity contribution in [1.29, 1.82) is 0 Å². The summed E-state index contributed by atoms with van der Waals surface area (Å²) in [5.41, 5.74) is 2.63. The third-order valence-corrected chi connectivity index (χ3v) is 2.83. The largest absolute Gasteiger partial charge is 0.384 e. The van der Waals surface area contributed by atoms with Gasteiger partial charge in [0.2, 0.25) is 0 Å². The van der Waals surface area contributed by atoms with E-state index in [2.05, 4.69) is 41.8 Å². The van der Waals surface area contributed by atoms with Crippen LogP contribution >= 0.6 is 0 Å². The summed E-state index contributed by atoms with van der Waals surface area (Å²) in [6.45, 7) is 4.27. The second kappa shape index (κ2) is 5.17. The Balaban J connectivity index is 1.67. The lowest BCUT2D eigenvalue weighted by Gasteiger charge is -2.07. The maximum absolute atomic E-state index is 3.49. The van der Waals surface area contributed by atoms with Crippen LogP contribution in [0.15, 0.2) is 24.3 Å². The highest BCUT2D eigenvalue weighted by Gasteiger charge is 2.19. The minimum absolute atomic E-state index is 0.814. The van der Waals surface area contributed by atoms with Crippen molar-refractivity contribution in [3.8, 4) is 0 Å². The zero-order chi connectivity index (χ0) is 10.5. The molecule has 2 nitrogen and oxygen atoms in total. The van der Waals surface area contributed by atoms with E-state index in [9.17, 15) is 0 Å². The zero-order valence-electron chi connectivity index (χ0n) is 9.42. The van der Waals surface area contributed by atoms with Crippen molar-refractivity contribution in [1.82, 2.24) is 5.32 Å². The number of nitrogens with one attached hydrogen (secondary N) is 2. The van der Waals surface area contributed by atoms with Crippen LogP contribution in [-0.4, -0.2) is 19.1 Å². The maximum Gasteiger partial charge on any atom is 0.0340 e. The number of hydrogen-bond acceptors (Lipinski definition) is 2. The molecular formula is C13H20N2. The fraction of sp³-hybridized carbons (Fsp3) is 0.538. The van der Waals surface area contributed by atoms with Gasteiger partial charge in [0, 0.05) is 24.8 Å². The SMILES string of the molecule is CCc1ccc(NCCNC2CC2)cc1. The first-order valence-corrected chi connectivity index (χ1v) is 5.94. The molecule has 0 heterocycles. The van der Waals surface area contributed by atoms with Crippen molar-refractivity contribution >= 4 is 5.69 Å². The Morgan fingerprint density at radius 2 is 1.87 bits per heavy atom. The summed E-state index contributed by atoms with van der Waals surface area (Å²) in [6, 6.07) is 9.52. The van der Waals surface area contributed by atoms with Crippen LogP contribution in [0.25, 0.3) is 0 Å². The van der Waals surface area contributed by atoms with Crippen LogP contribution in [0.2, 0.25) is 0 Å². The van der Waals surface area contributed by atoms with E-state index in [0.717, 1.165) is 25.6 Å². The average molecular weight is 204 g/mol. The van der Waals surface area contributed by atoms with Gasteiger partial charge >= 0.3 is 0 Å². The average Bonchev–Trinajstić information content (AvgIpc) is 3.09. The van der Waals surface area contributed by atoms with Gasteiger partial charge in [0.1, 0.15) is 0 Å². The summed E-state index contributed by atoms with van der Waals surface area (Å²) < 4.78 is 0. The maximum atomic E-state index is 3.49. The molecule has 0 aliphatic heterocycles. The second-order valence-corrected chi connectivity index (χ2v) is 4.21. The molecule has 1 aliphatic rings. The summed E-state index contributed by atoms with van der Waals surface area (Å²) >= 11 is 0. The summed E-state index contributed by atoms with van der Waals surface area (Å²) in [7, 11) is 0. The fourth-order valence-corrected chi connectivity index (χ4v) is 1.63. The normalized spacial score (nSPS) is 15.3. The Labute approximate surface area is 92.1 Å². The van der Waals surface area contributed by atoms with Gasteiger partial charge in [-0.05, 0) is 37.0 Å². The molecule has 0 aromatic heterocycles. The van der Waals surface area contributed by atoms with Crippen molar-refractivity contribution in [2.45, 2.75) is 32.2 Å². The highest BCUT2D eigenvalue weighted by molar-refractivity contribution is 5.44. The van der Waals surface area contributed by atoms with E-state index >= 15 is 0 Å². The number of anilines is 1. The fourth-order valence-electron chi connectivity index (χ4n) is 1.63. The molecule has 1 aromatic carbocycles. The van der Waals surface area contributed by atoms with E-state index in [1.54, 1.807) is 0 Å². The standard InChI is InChI=1S/C13H20N2/c1-2-11-3-5-12(6-4-11)14-9-10-15-13-7-8-13/h3-6,13-15H,2,7-10H2,1H3. The van der Waals surface area contributed by atoms with Gasteiger partial charge in [-0.15, -0.1) is 0 Å². The predicted molar refractivity (Wildman–Crippen MR) is 65.3 cm³/mol. The summed E-state index contributed by atoms with van der Waals surface area (Å²) in [5.74, 6) is 0. The molecule has 15 heavy (non-hydrogen) atoms. The van der Waals surface area contributed by atoms with Crippen LogP contribution in [0.4, 0.5) is 5.69 Å². The van der Waals surface area contributed by atoms with Gasteiger partial charge in [-0.3, -0.25) is 0 Å². The van der Waals surface area contributed by atoms with E-state index in [1.165, 1.54) is 24.1 Å². The van der Waals surface area contributed by atoms with E-state index in [1.807, 2.05) is 0 Å². The van der Waals surface area contributed by atoms with Crippen molar-refractivity contribution in [2.75, 3.05) is 18.4 Å². The van der Waals surface area contributed by atoms with Crippen molar-refractivity contribution in [3.05, 3.63) is 29.8 Å². The lowest BCUT2D eigenvalue weighted by atomic mass is 10.1. The highest BCUT2D eigenvalue weighted by Crippen LogP contribution is 2.18. The second-order valence-electron chi connectivity index (χ2n) is 4.21. The van der Waals surface area contributed by atoms with Crippen LogP contribution in [0.5, 0.6) is 0 Å². The van der Waals surface area contributed by atoms with Crippen LogP contribution in [0.1, 0.15) is 25.3 Å². The van der Waals surface area contributed by atoms with E-state index in [4.69, 9.17) is 0 Å². The number of benzene rings is 1. The first-order valence-electron chi connectivity index (χ1n) is 5.94. The molecule has 0 spiro atoms. The molecule has 1 saturated carbocycles. The van der Waals surface area contributed by atoms with E-state index in [-0.39, 0.29) is 0 Å². The Morgan fingerprint density at radius 3 is 2.47 bits per heavy atom. The molecular weight excluding hydrogens is 184 g/mol. The van der Waals surface area contributed by atoms with Crippen molar-refractivity contribution < 1.29 is 0 Å². The molecule has 0 radical (unpaired) electrons. The topological polar surface area (TPSA) is 24.1 Å². The molecule has 1 aromatic rings. The molecule has 0 atom stereocenters. The summed E-state index contributed by atoms with van der Waals surface area (Å²) in [5, 5.41) is 6.90. The Kier molecular flexibility index (Phi) is 3.62. The first kappa shape index (κ1) is 10.5. The van der Waals surface area contributed by atoms with Crippen molar-refractivity contribution in [2.24, 2.45) is 0 Å². The number of hydrogen-bond donors (Lipinski definition) is 2. The van der Waals surface area contributed by atoms with Gasteiger partial charge in [0.05, 0.1) is 0 Å². The van der Waals surface area contributed by atoms with Crippen LogP contribution in [0.3, 0.4) is 0 Å². The summed E-state index contributed by atoms with van der Waals surface area (Å²) in [4.78, 5) is 0. The molecule has 0 amide bonds. The Morgan fingerprint density at radius 1 is 1.13 bits per heavy atom. The minimum Gasteiger partial charge on any atom is -0.384 e. The Hall–Kier alpha value is -1.02. The molecule has 0 bridgehead atoms. The molecule has 82 valence electrons. The third-order valence-electron chi connectivity index (χ3n) is 2.83. The van der Waals surface area contributed by atoms with Gasteiger partial charge in [-0.25, -0.2) is 0 Å². The lowest BCUT2D eigenvalue weighted by Crippen LogP contribution is -2.23. The number of rotatable bonds is 6. The van der Waals surface area contributed by atoms with E-state index < -0.39 is 0 Å². The van der Waals surface area contributed by atoms with Gasteiger partial charge in [-0.1, -0.05) is 19.1 Å². The highest BCUT2D eigenvalue weighted by atomic mass is 15.0. The minimum atomic E-state index is 0.814. The van der Waals surface area contributed by atoms with E-state index in [0.29, 0.717) is 0 Å². The molecule has 2 N–H and O–H groups in total. The quantitative estimate of drug-likeness (QED) is 0.695. The smallest absolute Gasteiger partial charge is 0.0340 e. The first-order chi connectivity index (χ1) is 7.38. The van der Waals surface area contributed by atoms with Crippen LogP contribution in [-0.2, 0) is 6.42 Å². The zero-order valence-corrected chi connectivity index (χ0v) is 9.42. The van der Waals surface area contributed by atoms with Gasteiger partial charge < -0.3 is 10.6 Å². The summed E-state index contributed by atoms with van der Waals surface area (Å²) in [6.07, 6.45) is 3.85. The molecule has 2 heteroatoms. The molecule has 2 rings (SSSR count). The van der Waals surface area contributed by atoms with Gasteiger partial charge in [0.25, 0.3) is 0 Å². The third kappa shape index (κ3) is 3.56. The Bertz CT molecular complexity index is 288. The van der Waals surface area contributed by atoms with Crippen molar-refractivity contribution in [3.63, 3.8) is 0 Å². The molecule has 1 fully saturated rings. The predicted octanol–water partition coefficient (Wildman–Crippen LogP) is 2.41. The van der Waals surface area contributed by atoms with Crippen LogP contribution < -0.4 is 10.6 Å². The van der Waals surface area contributed by atoms with Gasteiger partial charge in [0.15, 0.2) is 0 Å². The monoisotopic (exact) mass is 204 g/mol. The molecule has 0 saturated heterocycles. The van der Waals surface area contributed by atoms with Gasteiger partial charge in [-0.2, -0.15) is 0 Å². The van der Waals surface area contributed by atoms with Crippen LogP contribution in [0, 0.1) is 0 Å². The lowest BCUT2D eigenvalue weighted by molar-refractivity contribution is 0.701. The molecule has 1 aliphatic carbocycles.